The fraction of sp³-hybridized carbons (Fsp3) is 0.100. The van der Waals surface area contributed by atoms with Gasteiger partial charge in [0.2, 0.25) is 5.69 Å². The van der Waals surface area contributed by atoms with E-state index in [4.69, 9.17) is 4.74 Å². The van der Waals surface area contributed by atoms with Crippen LogP contribution in [0.25, 0.3) is 16.9 Å². The van der Waals surface area contributed by atoms with E-state index < -0.39 is 12.3 Å². The Morgan fingerprint density at radius 2 is 2.03 bits per heavy atom. The highest BCUT2D eigenvalue weighted by Crippen LogP contribution is 2.25. The van der Waals surface area contributed by atoms with Crippen molar-refractivity contribution in [2.45, 2.75) is 6.43 Å². The first-order valence-electron chi connectivity index (χ1n) is 8.65. The second-order valence-electron chi connectivity index (χ2n) is 6.14. The molecule has 0 radical (unpaired) electrons. The van der Waals surface area contributed by atoms with Gasteiger partial charge in [0.05, 0.1) is 25.2 Å². The van der Waals surface area contributed by atoms with Crippen LogP contribution in [-0.4, -0.2) is 28.1 Å². The number of carbonyl (C=O) groups excluding carboxylic acids is 1. The zero-order valence-corrected chi connectivity index (χ0v) is 15.3. The molecule has 9 heteroatoms. The summed E-state index contributed by atoms with van der Waals surface area (Å²) >= 11 is 0. The Hall–Kier alpha value is -3.88. The number of fused-ring (bicyclic) bond motifs is 1. The van der Waals surface area contributed by atoms with E-state index in [0.717, 1.165) is 4.52 Å². The molecule has 3 aromatic heterocycles. The maximum absolute atomic E-state index is 13.7. The van der Waals surface area contributed by atoms with Gasteiger partial charge in [0.25, 0.3) is 5.91 Å². The molecule has 0 bridgehead atoms. The highest BCUT2D eigenvalue weighted by atomic mass is 19.3. The number of amides is 1. The van der Waals surface area contributed by atoms with Crippen molar-refractivity contribution >= 4 is 17.2 Å². The lowest BCUT2D eigenvalue weighted by atomic mass is 10.1. The van der Waals surface area contributed by atoms with Gasteiger partial charge in [0.15, 0.2) is 11.3 Å². The van der Waals surface area contributed by atoms with E-state index in [1.54, 1.807) is 42.6 Å². The topological polar surface area (TPSA) is 84.0 Å². The lowest BCUT2D eigenvalue weighted by molar-refractivity contribution is -0.593. The van der Waals surface area contributed by atoms with Crippen molar-refractivity contribution in [1.29, 1.82) is 0 Å². The van der Waals surface area contributed by atoms with E-state index in [1.807, 2.05) is 0 Å². The highest BCUT2D eigenvalue weighted by Gasteiger charge is 2.28. The number of nitrogens with one attached hydrogen (secondary N) is 2. The molecular weight excluding hydrogens is 380 g/mol. The second kappa shape index (κ2) is 7.63. The Kier molecular flexibility index (Phi) is 4.86. The van der Waals surface area contributed by atoms with Crippen molar-refractivity contribution in [3.8, 4) is 17.0 Å². The Morgan fingerprint density at radius 3 is 2.69 bits per heavy atom. The average molecular weight is 396 g/mol. The van der Waals surface area contributed by atoms with Gasteiger partial charge in [-0.05, 0) is 41.4 Å². The third kappa shape index (κ3) is 3.62. The summed E-state index contributed by atoms with van der Waals surface area (Å²) in [7, 11) is 1.54. The third-order valence-electron chi connectivity index (χ3n) is 4.33. The minimum atomic E-state index is -2.77. The molecule has 0 aliphatic rings. The summed E-state index contributed by atoms with van der Waals surface area (Å²) in [4.78, 5) is 21.1. The van der Waals surface area contributed by atoms with Crippen molar-refractivity contribution < 1.29 is 22.8 Å². The molecule has 2 N–H and O–H groups in total. The zero-order valence-electron chi connectivity index (χ0n) is 15.3. The van der Waals surface area contributed by atoms with Crippen LogP contribution in [0, 0.1) is 0 Å². The van der Waals surface area contributed by atoms with E-state index >= 15 is 0 Å². The number of benzene rings is 1. The summed E-state index contributed by atoms with van der Waals surface area (Å²) in [6.45, 7) is 0. The molecule has 0 unspecified atom stereocenters. The average Bonchev–Trinajstić information content (AvgIpc) is 3.18. The van der Waals surface area contributed by atoms with Crippen molar-refractivity contribution in [3.63, 3.8) is 0 Å². The number of aromatic amines is 1. The Balaban J connectivity index is 1.80. The molecule has 4 rings (SSSR count). The molecule has 0 atom stereocenters. The number of halogens is 2. The largest absolute Gasteiger partial charge is 0.497 e. The molecule has 1 amide bonds. The first-order valence-corrected chi connectivity index (χ1v) is 8.65. The SMILES string of the molecule is COc1ccc(-c2cc(C(F)F)[n+]3[nH]cc(C(=O)Nc4cccnc4)c3n2)cc1. The molecular formula is C20H16F2N5O2+. The molecule has 0 aliphatic carbocycles. The minimum absolute atomic E-state index is 0.0926. The summed E-state index contributed by atoms with van der Waals surface area (Å²) in [6.07, 6.45) is 1.64. The fourth-order valence-corrected chi connectivity index (χ4v) is 2.91. The van der Waals surface area contributed by atoms with Crippen molar-refractivity contribution in [2.75, 3.05) is 12.4 Å². The van der Waals surface area contributed by atoms with Gasteiger partial charge < -0.3 is 10.1 Å². The predicted molar refractivity (Wildman–Crippen MR) is 101 cm³/mol. The molecule has 4 aromatic rings. The molecule has 0 aliphatic heterocycles. The van der Waals surface area contributed by atoms with E-state index in [0.29, 0.717) is 22.7 Å². The summed E-state index contributed by atoms with van der Waals surface area (Å²) in [6, 6.07) is 11.5. The van der Waals surface area contributed by atoms with Gasteiger partial charge in [-0.1, -0.05) is 0 Å². The summed E-state index contributed by atoms with van der Waals surface area (Å²) in [5.74, 6) is 0.146. The van der Waals surface area contributed by atoms with Gasteiger partial charge in [-0.25, -0.2) is 13.9 Å². The Labute approximate surface area is 164 Å². The summed E-state index contributed by atoms with van der Waals surface area (Å²) in [5.41, 5.74) is 1.34. The number of pyridine rings is 1. The van der Waals surface area contributed by atoms with Crippen LogP contribution < -0.4 is 14.6 Å². The van der Waals surface area contributed by atoms with Crippen molar-refractivity contribution in [3.05, 3.63) is 72.3 Å². The van der Waals surface area contributed by atoms with Gasteiger partial charge in [-0.15, -0.1) is 4.52 Å². The highest BCUT2D eigenvalue weighted by molar-refractivity contribution is 6.07. The first-order chi connectivity index (χ1) is 14.1. The minimum Gasteiger partial charge on any atom is -0.497 e. The van der Waals surface area contributed by atoms with Gasteiger partial charge in [-0.2, -0.15) is 0 Å². The van der Waals surface area contributed by atoms with E-state index in [1.165, 1.54) is 25.6 Å². The van der Waals surface area contributed by atoms with Crippen molar-refractivity contribution in [1.82, 2.24) is 15.1 Å². The van der Waals surface area contributed by atoms with E-state index in [2.05, 4.69) is 20.4 Å². The summed E-state index contributed by atoms with van der Waals surface area (Å²) in [5, 5.41) is 5.36. The Bertz CT molecular complexity index is 1160. The van der Waals surface area contributed by atoms with Crippen LogP contribution in [0.2, 0.25) is 0 Å². The third-order valence-corrected chi connectivity index (χ3v) is 4.33. The lowest BCUT2D eigenvalue weighted by Gasteiger charge is -2.03. The first kappa shape index (κ1) is 18.5. The number of hydrogen-bond donors (Lipinski definition) is 2. The Morgan fingerprint density at radius 1 is 1.24 bits per heavy atom. The monoisotopic (exact) mass is 396 g/mol. The summed E-state index contributed by atoms with van der Waals surface area (Å²) < 4.78 is 33.6. The smallest absolute Gasteiger partial charge is 0.361 e. The predicted octanol–water partition coefficient (Wildman–Crippen LogP) is 3.41. The number of H-pyrrole nitrogens is 1. The van der Waals surface area contributed by atoms with E-state index in [-0.39, 0.29) is 16.9 Å². The van der Waals surface area contributed by atoms with Crippen LogP contribution in [-0.2, 0) is 0 Å². The number of alkyl halides is 2. The van der Waals surface area contributed by atoms with Gasteiger partial charge in [0, 0.05) is 17.8 Å². The van der Waals surface area contributed by atoms with Crippen LogP contribution in [0.5, 0.6) is 5.75 Å². The van der Waals surface area contributed by atoms with Crippen LogP contribution >= 0.6 is 0 Å². The molecule has 1 aromatic carbocycles. The number of hydrogen-bond acceptors (Lipinski definition) is 4. The quantitative estimate of drug-likeness (QED) is 0.507. The standard InChI is InChI=1S/C20H15F2N5O2/c1-29-14-6-4-12(5-7-14)16-9-17(18(21)22)27-19(26-16)15(11-24-27)20(28)25-13-3-2-8-23-10-13/h2-11,18H,1H3,(H,25,28)/p+1. The molecule has 0 saturated carbocycles. The van der Waals surface area contributed by atoms with E-state index in [9.17, 15) is 13.6 Å². The molecule has 146 valence electrons. The number of ether oxygens (including phenoxy) is 1. The maximum atomic E-state index is 13.7. The van der Waals surface area contributed by atoms with Crippen LogP contribution in [0.15, 0.2) is 61.1 Å². The number of aromatic nitrogens is 4. The number of carbonyl (C=O) groups is 1. The molecule has 0 fully saturated rings. The van der Waals surface area contributed by atoms with Crippen LogP contribution in [0.4, 0.5) is 14.5 Å². The van der Waals surface area contributed by atoms with Gasteiger partial charge in [0.1, 0.15) is 5.75 Å². The molecule has 29 heavy (non-hydrogen) atoms. The normalized spacial score (nSPS) is 11.0. The maximum Gasteiger partial charge on any atom is 0.361 e. The second-order valence-corrected chi connectivity index (χ2v) is 6.14. The van der Waals surface area contributed by atoms with Crippen LogP contribution in [0.1, 0.15) is 22.5 Å². The van der Waals surface area contributed by atoms with Gasteiger partial charge in [-0.3, -0.25) is 9.78 Å². The number of methoxy groups -OCH3 is 1. The number of nitrogens with zero attached hydrogens (tertiary/aromatic N) is 3. The molecule has 3 heterocycles. The fourth-order valence-electron chi connectivity index (χ4n) is 2.91. The lowest BCUT2D eigenvalue weighted by Crippen LogP contribution is -2.31. The number of anilines is 1. The van der Waals surface area contributed by atoms with Crippen molar-refractivity contribution in [2.24, 2.45) is 0 Å². The van der Waals surface area contributed by atoms with Crippen LogP contribution in [0.3, 0.4) is 0 Å². The molecule has 0 saturated heterocycles. The zero-order chi connectivity index (χ0) is 20.4. The number of rotatable bonds is 5. The molecule has 0 spiro atoms. The molecule has 7 nitrogen and oxygen atoms in total. The van der Waals surface area contributed by atoms with Gasteiger partial charge >= 0.3 is 12.1 Å².